The highest BCUT2D eigenvalue weighted by Gasteiger charge is 2.43. The van der Waals surface area contributed by atoms with Gasteiger partial charge < -0.3 is 14.2 Å². The van der Waals surface area contributed by atoms with Crippen molar-refractivity contribution in [3.8, 4) is 0 Å². The second-order valence-electron chi connectivity index (χ2n) is 5.28. The van der Waals surface area contributed by atoms with Crippen LogP contribution in [-0.2, 0) is 24.2 Å². The summed E-state index contributed by atoms with van der Waals surface area (Å²) in [6, 6.07) is 0. The lowest BCUT2D eigenvalue weighted by Crippen LogP contribution is -2.51. The van der Waals surface area contributed by atoms with Gasteiger partial charge in [-0.25, -0.2) is 8.42 Å². The fourth-order valence-electron chi connectivity index (χ4n) is 2.44. The van der Waals surface area contributed by atoms with Crippen molar-refractivity contribution in [2.24, 2.45) is 0 Å². The van der Waals surface area contributed by atoms with Gasteiger partial charge in [-0.1, -0.05) is 0 Å². The lowest BCUT2D eigenvalue weighted by molar-refractivity contribution is -0.179. The third kappa shape index (κ3) is 3.88. The Labute approximate surface area is 115 Å². The molecule has 2 heterocycles. The fraction of sp³-hybridized carbons (Fsp3) is 1.00. The van der Waals surface area contributed by atoms with Crippen molar-refractivity contribution in [3.05, 3.63) is 0 Å². The number of piperidine rings is 1. The third-order valence-electron chi connectivity index (χ3n) is 3.38. The number of sulfonamides is 1. The van der Waals surface area contributed by atoms with E-state index in [4.69, 9.17) is 14.2 Å². The second-order valence-corrected chi connectivity index (χ2v) is 7.37. The molecule has 0 atom stereocenters. The van der Waals surface area contributed by atoms with Gasteiger partial charge in [0.05, 0.1) is 38.2 Å². The number of ether oxygens (including phenoxy) is 3. The highest BCUT2D eigenvalue weighted by atomic mass is 32.2. The molecule has 2 aliphatic heterocycles. The van der Waals surface area contributed by atoms with Crippen molar-refractivity contribution in [2.45, 2.75) is 38.6 Å². The predicted molar refractivity (Wildman–Crippen MR) is 70.3 cm³/mol. The van der Waals surface area contributed by atoms with Crippen LogP contribution in [0.1, 0.15) is 26.7 Å². The van der Waals surface area contributed by atoms with Gasteiger partial charge in [0.2, 0.25) is 10.0 Å². The first-order valence-corrected chi connectivity index (χ1v) is 8.42. The minimum absolute atomic E-state index is 0.0151. The van der Waals surface area contributed by atoms with Crippen LogP contribution in [0.25, 0.3) is 0 Å². The van der Waals surface area contributed by atoms with Crippen molar-refractivity contribution >= 4 is 10.0 Å². The fourth-order valence-corrected chi connectivity index (χ4v) is 3.81. The Kier molecular flexibility index (Phi) is 4.84. The molecule has 7 heteroatoms. The van der Waals surface area contributed by atoms with Gasteiger partial charge in [0.1, 0.15) is 0 Å². The molecule has 19 heavy (non-hydrogen) atoms. The minimum atomic E-state index is -3.29. The summed E-state index contributed by atoms with van der Waals surface area (Å²) in [7, 11) is -3.29. The summed E-state index contributed by atoms with van der Waals surface area (Å²) in [4.78, 5) is 0. The van der Waals surface area contributed by atoms with E-state index in [2.05, 4.69) is 0 Å². The van der Waals surface area contributed by atoms with Crippen molar-refractivity contribution in [3.63, 3.8) is 0 Å². The van der Waals surface area contributed by atoms with Crippen LogP contribution in [0.2, 0.25) is 0 Å². The Morgan fingerprint density at radius 3 is 2.63 bits per heavy atom. The lowest BCUT2D eigenvalue weighted by atomic mass is 10.1. The molecule has 2 aliphatic rings. The monoisotopic (exact) mass is 293 g/mol. The van der Waals surface area contributed by atoms with Crippen molar-refractivity contribution < 1.29 is 22.6 Å². The molecule has 2 fully saturated rings. The van der Waals surface area contributed by atoms with Crippen LogP contribution in [0.4, 0.5) is 0 Å². The van der Waals surface area contributed by atoms with E-state index in [-0.39, 0.29) is 18.5 Å². The second kappa shape index (κ2) is 6.05. The molecule has 112 valence electrons. The maximum atomic E-state index is 12.2. The van der Waals surface area contributed by atoms with E-state index in [9.17, 15) is 8.42 Å². The number of hydrogen-bond donors (Lipinski definition) is 0. The highest BCUT2D eigenvalue weighted by molar-refractivity contribution is 7.89. The molecule has 6 nitrogen and oxygen atoms in total. The summed E-state index contributed by atoms with van der Waals surface area (Å²) < 4.78 is 42.5. The zero-order chi connectivity index (χ0) is 13.9. The topological polar surface area (TPSA) is 65.1 Å². The molecule has 0 aromatic heterocycles. The van der Waals surface area contributed by atoms with Gasteiger partial charge in [0.25, 0.3) is 0 Å². The zero-order valence-corrected chi connectivity index (χ0v) is 12.4. The van der Waals surface area contributed by atoms with Gasteiger partial charge in [-0.15, -0.1) is 0 Å². The maximum absolute atomic E-state index is 12.2. The van der Waals surface area contributed by atoms with Gasteiger partial charge in [0.15, 0.2) is 5.79 Å². The van der Waals surface area contributed by atoms with E-state index >= 15 is 0 Å². The lowest BCUT2D eigenvalue weighted by Gasteiger charge is -2.37. The van der Waals surface area contributed by atoms with Crippen LogP contribution in [0.3, 0.4) is 0 Å². The largest absolute Gasteiger partial charge is 0.378 e. The molecule has 1 spiro atoms. The van der Waals surface area contributed by atoms with Crippen LogP contribution in [0.5, 0.6) is 0 Å². The highest BCUT2D eigenvalue weighted by Crippen LogP contribution is 2.31. The standard InChI is InChI=1S/C12H23NO5S/c1-11(2)16-8-9-19(14,15)13-5-3-4-12(10-13)17-6-7-18-12/h11H,3-10H2,1-2H3. The van der Waals surface area contributed by atoms with Crippen molar-refractivity contribution in [2.75, 3.05) is 38.7 Å². The summed E-state index contributed by atoms with van der Waals surface area (Å²) >= 11 is 0. The van der Waals surface area contributed by atoms with Crippen molar-refractivity contribution in [1.29, 1.82) is 0 Å². The van der Waals surface area contributed by atoms with Gasteiger partial charge in [-0.05, 0) is 20.3 Å². The molecule has 0 amide bonds. The number of hydrogen-bond acceptors (Lipinski definition) is 5. The smallest absolute Gasteiger partial charge is 0.216 e. The minimum Gasteiger partial charge on any atom is -0.378 e. The molecule has 0 N–H and O–H groups in total. The molecule has 0 radical (unpaired) electrons. The molecule has 0 aliphatic carbocycles. The van der Waals surface area contributed by atoms with Crippen LogP contribution >= 0.6 is 0 Å². The van der Waals surface area contributed by atoms with Gasteiger partial charge >= 0.3 is 0 Å². The summed E-state index contributed by atoms with van der Waals surface area (Å²) in [6.45, 7) is 5.95. The Bertz CT molecular complexity index is 389. The van der Waals surface area contributed by atoms with E-state index in [1.807, 2.05) is 13.8 Å². The van der Waals surface area contributed by atoms with Crippen LogP contribution < -0.4 is 0 Å². The van der Waals surface area contributed by atoms with E-state index in [1.54, 1.807) is 0 Å². The third-order valence-corrected chi connectivity index (χ3v) is 5.16. The molecule has 0 aromatic carbocycles. The van der Waals surface area contributed by atoms with E-state index in [0.717, 1.165) is 12.8 Å². The Morgan fingerprint density at radius 2 is 2.00 bits per heavy atom. The molecule has 0 unspecified atom stereocenters. The zero-order valence-electron chi connectivity index (χ0n) is 11.6. The maximum Gasteiger partial charge on any atom is 0.216 e. The Morgan fingerprint density at radius 1 is 1.32 bits per heavy atom. The first-order valence-electron chi connectivity index (χ1n) is 6.81. The Hall–Kier alpha value is -0.210. The normalized spacial score (nSPS) is 24.4. The average Bonchev–Trinajstić information content (AvgIpc) is 2.76. The molecule has 2 rings (SSSR count). The summed E-state index contributed by atoms with van der Waals surface area (Å²) in [5.41, 5.74) is 0. The predicted octanol–water partition coefficient (Wildman–Crippen LogP) is 0.580. The first kappa shape index (κ1) is 15.2. The molecule has 0 bridgehead atoms. The van der Waals surface area contributed by atoms with Crippen LogP contribution in [-0.4, -0.2) is 63.3 Å². The first-order chi connectivity index (χ1) is 8.94. The summed E-state index contributed by atoms with van der Waals surface area (Å²) in [5.74, 6) is -0.689. The van der Waals surface area contributed by atoms with Gasteiger partial charge in [-0.3, -0.25) is 0 Å². The van der Waals surface area contributed by atoms with Crippen LogP contribution in [0.15, 0.2) is 0 Å². The van der Waals surface area contributed by atoms with Crippen LogP contribution in [0, 0.1) is 0 Å². The number of rotatable bonds is 5. The van der Waals surface area contributed by atoms with E-state index in [1.165, 1.54) is 4.31 Å². The summed E-state index contributed by atoms with van der Waals surface area (Å²) in [5, 5.41) is 0. The molecule has 0 saturated carbocycles. The Balaban J connectivity index is 1.92. The molecule has 0 aromatic rings. The molecular formula is C12H23NO5S. The van der Waals surface area contributed by atoms with Gasteiger partial charge in [-0.2, -0.15) is 4.31 Å². The molecule has 2 saturated heterocycles. The van der Waals surface area contributed by atoms with Crippen molar-refractivity contribution in [1.82, 2.24) is 4.31 Å². The van der Waals surface area contributed by atoms with Gasteiger partial charge in [0, 0.05) is 13.0 Å². The summed E-state index contributed by atoms with van der Waals surface area (Å²) in [6.07, 6.45) is 1.58. The quantitative estimate of drug-likeness (QED) is 0.742. The van der Waals surface area contributed by atoms with E-state index in [0.29, 0.717) is 26.3 Å². The molecular weight excluding hydrogens is 270 g/mol. The van der Waals surface area contributed by atoms with E-state index < -0.39 is 15.8 Å². The SMILES string of the molecule is CC(C)OCCS(=O)(=O)N1CCCC2(C1)OCCO2. The average molecular weight is 293 g/mol. The number of nitrogens with zero attached hydrogens (tertiary/aromatic N) is 1.